The zero-order chi connectivity index (χ0) is 23.2. The number of fused-ring (bicyclic) bond motifs is 1. The van der Waals surface area contributed by atoms with Crippen LogP contribution in [-0.2, 0) is 20.8 Å². The minimum Gasteiger partial charge on any atom is -0.334 e. The number of benzene rings is 1. The molecule has 1 aromatic rings. The summed E-state index contributed by atoms with van der Waals surface area (Å²) >= 11 is 0. The minimum absolute atomic E-state index is 0.0378. The molecular formula is C27H37N3O3. The number of nitrogens with zero attached hydrogens (tertiary/aromatic N) is 3. The third-order valence-electron chi connectivity index (χ3n) is 8.89. The first-order valence-electron chi connectivity index (χ1n) is 12.8. The number of rotatable bonds is 4. The van der Waals surface area contributed by atoms with Crippen molar-refractivity contribution in [3.8, 4) is 0 Å². The molecule has 0 radical (unpaired) electrons. The smallest absolute Gasteiger partial charge is 0.242 e. The van der Waals surface area contributed by atoms with E-state index in [0.29, 0.717) is 13.0 Å². The van der Waals surface area contributed by atoms with E-state index in [1.54, 1.807) is 11.8 Å². The molecule has 4 fully saturated rings. The first kappa shape index (κ1) is 22.4. The van der Waals surface area contributed by atoms with E-state index in [9.17, 15) is 14.4 Å². The molecule has 4 aliphatic rings. The molecule has 0 N–H and O–H groups in total. The van der Waals surface area contributed by atoms with Crippen molar-refractivity contribution in [2.75, 3.05) is 13.1 Å². The topological polar surface area (TPSA) is 60.9 Å². The van der Waals surface area contributed by atoms with Gasteiger partial charge in [-0.15, -0.1) is 0 Å². The Labute approximate surface area is 197 Å². The number of piperidine rings is 1. The van der Waals surface area contributed by atoms with E-state index in [-0.39, 0.29) is 53.8 Å². The van der Waals surface area contributed by atoms with Crippen LogP contribution in [0.5, 0.6) is 0 Å². The number of likely N-dealkylation sites (tertiary alicyclic amines) is 3. The summed E-state index contributed by atoms with van der Waals surface area (Å²) in [6.07, 6.45) is 8.23. The molecule has 3 amide bonds. The van der Waals surface area contributed by atoms with Crippen molar-refractivity contribution < 1.29 is 14.4 Å². The SMILES string of the molecule is CC(=O)N1[C@H]2CCC[C@H]3N(C(=O)CN4CCCCCC4=O)[C@@H](Cc4ccccc4)[C@@H]1C[C@@]23C. The van der Waals surface area contributed by atoms with Crippen molar-refractivity contribution in [2.24, 2.45) is 5.41 Å². The molecule has 0 spiro atoms. The Morgan fingerprint density at radius 2 is 1.73 bits per heavy atom. The Balaban J connectivity index is 1.51. The van der Waals surface area contributed by atoms with Crippen LogP contribution in [0.2, 0.25) is 0 Å². The van der Waals surface area contributed by atoms with Crippen molar-refractivity contribution in [1.29, 1.82) is 0 Å². The summed E-state index contributed by atoms with van der Waals surface area (Å²) in [7, 11) is 0. The van der Waals surface area contributed by atoms with Gasteiger partial charge in [-0.1, -0.05) is 43.7 Å². The largest absolute Gasteiger partial charge is 0.334 e. The fraction of sp³-hybridized carbons (Fsp3) is 0.667. The summed E-state index contributed by atoms with van der Waals surface area (Å²) in [6.45, 7) is 4.84. The van der Waals surface area contributed by atoms with E-state index >= 15 is 0 Å². The van der Waals surface area contributed by atoms with Crippen molar-refractivity contribution in [3.05, 3.63) is 35.9 Å². The van der Waals surface area contributed by atoms with E-state index in [0.717, 1.165) is 51.4 Å². The maximum atomic E-state index is 14.0. The Bertz CT molecular complexity index is 918. The molecule has 3 heterocycles. The van der Waals surface area contributed by atoms with Crippen molar-refractivity contribution in [1.82, 2.24) is 14.7 Å². The van der Waals surface area contributed by atoms with Crippen LogP contribution in [0, 0.1) is 5.41 Å². The van der Waals surface area contributed by atoms with Gasteiger partial charge in [-0.2, -0.15) is 0 Å². The van der Waals surface area contributed by atoms with E-state index < -0.39 is 0 Å². The van der Waals surface area contributed by atoms with Crippen LogP contribution in [0.15, 0.2) is 30.3 Å². The van der Waals surface area contributed by atoms with Gasteiger partial charge in [-0.25, -0.2) is 0 Å². The molecule has 33 heavy (non-hydrogen) atoms. The zero-order valence-electron chi connectivity index (χ0n) is 20.0. The van der Waals surface area contributed by atoms with Gasteiger partial charge in [0.1, 0.15) is 0 Å². The molecule has 1 aliphatic carbocycles. The molecule has 6 heteroatoms. The van der Waals surface area contributed by atoms with Crippen LogP contribution >= 0.6 is 0 Å². The average molecular weight is 452 g/mol. The van der Waals surface area contributed by atoms with Crippen LogP contribution in [0.25, 0.3) is 0 Å². The summed E-state index contributed by atoms with van der Waals surface area (Å²) in [5.41, 5.74) is 1.12. The second-order valence-corrected chi connectivity index (χ2v) is 10.9. The van der Waals surface area contributed by atoms with Crippen LogP contribution < -0.4 is 0 Å². The molecule has 6 nitrogen and oxygen atoms in total. The maximum absolute atomic E-state index is 14.0. The lowest BCUT2D eigenvalue weighted by Gasteiger charge is -2.53. The lowest BCUT2D eigenvalue weighted by molar-refractivity contribution is -0.150. The molecule has 1 saturated carbocycles. The lowest BCUT2D eigenvalue weighted by atomic mass is 9.64. The van der Waals surface area contributed by atoms with Gasteiger partial charge in [0.05, 0.1) is 18.6 Å². The highest BCUT2D eigenvalue weighted by atomic mass is 16.2. The van der Waals surface area contributed by atoms with Crippen molar-refractivity contribution >= 4 is 17.7 Å². The van der Waals surface area contributed by atoms with Gasteiger partial charge in [-0.05, 0) is 50.5 Å². The summed E-state index contributed by atoms with van der Waals surface area (Å²) in [4.78, 5) is 45.6. The van der Waals surface area contributed by atoms with Crippen molar-refractivity contribution in [2.45, 2.75) is 95.8 Å². The summed E-state index contributed by atoms with van der Waals surface area (Å²) in [5, 5.41) is 0. The average Bonchev–Trinajstić information content (AvgIpc) is 2.97. The molecule has 3 aliphatic heterocycles. The van der Waals surface area contributed by atoms with Gasteiger partial charge in [0.2, 0.25) is 17.7 Å². The second-order valence-electron chi connectivity index (χ2n) is 10.9. The molecule has 178 valence electrons. The minimum atomic E-state index is -0.0692. The number of hydrogen-bond acceptors (Lipinski definition) is 3. The number of hydrogen-bond donors (Lipinski definition) is 0. The van der Waals surface area contributed by atoms with Crippen LogP contribution in [0.4, 0.5) is 0 Å². The van der Waals surface area contributed by atoms with Crippen LogP contribution in [-0.4, -0.2) is 69.7 Å². The Morgan fingerprint density at radius 3 is 2.45 bits per heavy atom. The fourth-order valence-corrected chi connectivity index (χ4v) is 7.44. The maximum Gasteiger partial charge on any atom is 0.242 e. The van der Waals surface area contributed by atoms with E-state index in [1.807, 2.05) is 18.2 Å². The first-order chi connectivity index (χ1) is 15.9. The van der Waals surface area contributed by atoms with E-state index in [4.69, 9.17) is 0 Å². The summed E-state index contributed by atoms with van der Waals surface area (Å²) < 4.78 is 0. The van der Waals surface area contributed by atoms with Crippen LogP contribution in [0.3, 0.4) is 0 Å². The third kappa shape index (κ3) is 3.85. The van der Waals surface area contributed by atoms with E-state index in [1.165, 1.54) is 5.56 Å². The third-order valence-corrected chi connectivity index (χ3v) is 8.89. The predicted octanol–water partition coefficient (Wildman–Crippen LogP) is 3.39. The van der Waals surface area contributed by atoms with Gasteiger partial charge in [0.15, 0.2) is 0 Å². The number of amides is 3. The summed E-state index contributed by atoms with van der Waals surface area (Å²) in [5.74, 6) is 0.307. The second kappa shape index (κ2) is 8.77. The number of carbonyl (C=O) groups is 3. The highest BCUT2D eigenvalue weighted by Crippen LogP contribution is 2.56. The van der Waals surface area contributed by atoms with Gasteiger partial charge in [0.25, 0.3) is 0 Å². The molecule has 0 unspecified atom stereocenters. The Kier molecular flexibility index (Phi) is 5.96. The van der Waals surface area contributed by atoms with Gasteiger partial charge >= 0.3 is 0 Å². The highest BCUT2D eigenvalue weighted by molar-refractivity contribution is 5.86. The highest BCUT2D eigenvalue weighted by Gasteiger charge is 2.64. The van der Waals surface area contributed by atoms with Crippen LogP contribution in [0.1, 0.15) is 70.8 Å². The molecule has 3 saturated heterocycles. The van der Waals surface area contributed by atoms with Crippen molar-refractivity contribution in [3.63, 3.8) is 0 Å². The first-order valence-corrected chi connectivity index (χ1v) is 12.8. The Morgan fingerprint density at radius 1 is 1.00 bits per heavy atom. The van der Waals surface area contributed by atoms with Gasteiger partial charge in [-0.3, -0.25) is 14.4 Å². The normalized spacial score (nSPS) is 33.8. The molecule has 5 atom stereocenters. The van der Waals surface area contributed by atoms with E-state index in [2.05, 4.69) is 28.9 Å². The zero-order valence-corrected chi connectivity index (χ0v) is 20.0. The number of carbonyl (C=O) groups excluding carboxylic acids is 3. The van der Waals surface area contributed by atoms with Gasteiger partial charge < -0.3 is 14.7 Å². The fourth-order valence-electron chi connectivity index (χ4n) is 7.44. The predicted molar refractivity (Wildman–Crippen MR) is 126 cm³/mol. The quantitative estimate of drug-likeness (QED) is 0.705. The standard InChI is InChI=1S/C27H37N3O3/c1-19(31)29-22-17-27(2)23(29)12-9-13-24(27)30(21(22)16-20-10-5-3-6-11-20)26(33)18-28-15-8-4-7-14-25(28)32/h3,5-6,10-11,21-24H,4,7-9,12-18H2,1-2H3/t21-,22-,23-,24+,27-/m0/s1. The molecule has 5 rings (SSSR count). The summed E-state index contributed by atoms with van der Waals surface area (Å²) in [6, 6.07) is 10.7. The lowest BCUT2D eigenvalue weighted by Crippen LogP contribution is -2.64. The molecule has 2 bridgehead atoms. The monoisotopic (exact) mass is 451 g/mol. The Hall–Kier alpha value is -2.37. The molecular weight excluding hydrogens is 414 g/mol. The molecule has 0 aromatic heterocycles. The molecule has 1 aromatic carbocycles. The van der Waals surface area contributed by atoms with Gasteiger partial charge in [0, 0.05) is 37.4 Å².